The summed E-state index contributed by atoms with van der Waals surface area (Å²) < 4.78 is 97.2. The number of ether oxygens (including phenoxy) is 1. The summed E-state index contributed by atoms with van der Waals surface area (Å²) in [5, 5.41) is 2.54. The minimum absolute atomic E-state index is 0.0116. The van der Waals surface area contributed by atoms with E-state index in [1.165, 1.54) is 19.1 Å². The van der Waals surface area contributed by atoms with Crippen LogP contribution in [0.2, 0.25) is 0 Å². The number of benzene rings is 2. The van der Waals surface area contributed by atoms with Crippen molar-refractivity contribution in [1.82, 2.24) is 5.32 Å². The van der Waals surface area contributed by atoms with Crippen LogP contribution in [0.4, 0.5) is 27.6 Å². The number of sulfonamides is 1. The Morgan fingerprint density at radius 1 is 1.15 bits per heavy atom. The first kappa shape index (κ1) is 25.5. The van der Waals surface area contributed by atoms with Gasteiger partial charge in [-0.1, -0.05) is 6.07 Å². The average Bonchev–Trinajstić information content (AvgIpc) is 2.91. The number of carbonyl (C=O) groups excluding carboxylic acids is 1. The topological polar surface area (TPSA) is 84.5 Å². The maximum atomic E-state index is 14.3. The molecular weight excluding hydrogens is 483 g/mol. The largest absolute Gasteiger partial charge is 0.493 e. The maximum absolute atomic E-state index is 14.3. The summed E-state index contributed by atoms with van der Waals surface area (Å²) in [6.45, 7) is 1.64. The minimum atomic E-state index is -4.54. The lowest BCUT2D eigenvalue weighted by Gasteiger charge is -2.16. The summed E-state index contributed by atoms with van der Waals surface area (Å²) >= 11 is 0. The number of fused-ring (bicyclic) bond motifs is 1. The quantitative estimate of drug-likeness (QED) is 0.453. The van der Waals surface area contributed by atoms with Crippen LogP contribution >= 0.6 is 0 Å². The zero-order valence-corrected chi connectivity index (χ0v) is 18.9. The second-order valence-corrected chi connectivity index (χ2v) is 9.54. The highest BCUT2D eigenvalue weighted by molar-refractivity contribution is 7.92. The molecule has 1 aliphatic rings. The van der Waals surface area contributed by atoms with Crippen LogP contribution in [0.3, 0.4) is 0 Å². The molecule has 0 bridgehead atoms. The summed E-state index contributed by atoms with van der Waals surface area (Å²) in [5.74, 6) is -2.93. The molecule has 12 heteroatoms. The van der Waals surface area contributed by atoms with Gasteiger partial charge in [-0.15, -0.1) is 0 Å². The van der Waals surface area contributed by atoms with Gasteiger partial charge in [0.1, 0.15) is 11.4 Å². The van der Waals surface area contributed by atoms with Gasteiger partial charge in [0.2, 0.25) is 15.9 Å². The molecule has 1 heterocycles. The lowest BCUT2D eigenvalue weighted by molar-refractivity contribution is -0.137. The second kappa shape index (κ2) is 9.61. The number of nitrogens with one attached hydrogen (secondary N) is 2. The third kappa shape index (κ3) is 6.25. The van der Waals surface area contributed by atoms with Crippen LogP contribution in [0.1, 0.15) is 42.5 Å². The third-order valence-corrected chi connectivity index (χ3v) is 5.59. The molecule has 1 amide bonds. The first-order valence-corrected chi connectivity index (χ1v) is 12.0. The Morgan fingerprint density at radius 2 is 1.79 bits per heavy atom. The van der Waals surface area contributed by atoms with E-state index in [9.17, 15) is 35.2 Å². The van der Waals surface area contributed by atoms with E-state index in [1.54, 1.807) is 4.72 Å². The Balaban J connectivity index is 1.82. The van der Waals surface area contributed by atoms with Crippen molar-refractivity contribution in [3.05, 3.63) is 64.7 Å². The highest BCUT2D eigenvalue weighted by atomic mass is 32.2. The third-order valence-electron chi connectivity index (χ3n) is 5.02. The molecule has 0 aliphatic carbocycles. The van der Waals surface area contributed by atoms with Crippen molar-refractivity contribution in [3.8, 4) is 5.75 Å². The summed E-state index contributed by atoms with van der Waals surface area (Å²) in [5.41, 5.74) is -0.860. The Hall–Kier alpha value is -3.15. The van der Waals surface area contributed by atoms with E-state index < -0.39 is 51.0 Å². The molecule has 34 heavy (non-hydrogen) atoms. The Morgan fingerprint density at radius 3 is 2.38 bits per heavy atom. The fraction of sp³-hybridized carbons (Fsp3) is 0.318. The van der Waals surface area contributed by atoms with E-state index in [-0.39, 0.29) is 17.9 Å². The molecule has 0 fully saturated rings. The standard InChI is InChI=1S/C22H21F5N2O4S/c1-12(14-8-17(23)21(18(24)9-14)29-34(2,31)32)28-20(30)10-13-4-3-7-33-19-11-15(22(25,26)27)5-6-16(13)19/h5-6,8-12,29H,3-4,7H2,1-2H3,(H,28,30)/b13-10+/t12-/m1/s1. The summed E-state index contributed by atoms with van der Waals surface area (Å²) in [7, 11) is -3.91. The van der Waals surface area contributed by atoms with Crippen molar-refractivity contribution in [3.63, 3.8) is 0 Å². The van der Waals surface area contributed by atoms with Crippen LogP contribution in [0.5, 0.6) is 5.75 Å². The molecule has 0 radical (unpaired) electrons. The second-order valence-electron chi connectivity index (χ2n) is 7.79. The van der Waals surface area contributed by atoms with Crippen LogP contribution in [-0.4, -0.2) is 27.2 Å². The molecule has 3 rings (SSSR count). The fourth-order valence-electron chi connectivity index (χ4n) is 3.43. The van der Waals surface area contributed by atoms with Gasteiger partial charge >= 0.3 is 6.18 Å². The smallest absolute Gasteiger partial charge is 0.416 e. The van der Waals surface area contributed by atoms with Gasteiger partial charge in [0, 0.05) is 11.6 Å². The van der Waals surface area contributed by atoms with Gasteiger partial charge < -0.3 is 10.1 Å². The average molecular weight is 504 g/mol. The highest BCUT2D eigenvalue weighted by Gasteiger charge is 2.32. The van der Waals surface area contributed by atoms with Crippen molar-refractivity contribution in [2.45, 2.75) is 32.0 Å². The van der Waals surface area contributed by atoms with E-state index in [1.807, 2.05) is 0 Å². The van der Waals surface area contributed by atoms with Crippen LogP contribution in [0.25, 0.3) is 5.57 Å². The summed E-state index contributed by atoms with van der Waals surface area (Å²) in [6.07, 6.45) is -1.75. The molecule has 2 aromatic rings. The van der Waals surface area contributed by atoms with Gasteiger partial charge in [0.05, 0.1) is 24.5 Å². The van der Waals surface area contributed by atoms with Crippen molar-refractivity contribution >= 4 is 27.2 Å². The van der Waals surface area contributed by atoms with Crippen LogP contribution in [0, 0.1) is 11.6 Å². The number of allylic oxidation sites excluding steroid dienone is 1. The van der Waals surface area contributed by atoms with E-state index in [4.69, 9.17) is 4.74 Å². The number of hydrogen-bond acceptors (Lipinski definition) is 4. The van der Waals surface area contributed by atoms with Crippen molar-refractivity contribution in [2.75, 3.05) is 17.6 Å². The van der Waals surface area contributed by atoms with Gasteiger partial charge in [0.25, 0.3) is 0 Å². The molecule has 0 saturated heterocycles. The molecule has 6 nitrogen and oxygen atoms in total. The minimum Gasteiger partial charge on any atom is -0.493 e. The molecule has 0 unspecified atom stereocenters. The maximum Gasteiger partial charge on any atom is 0.416 e. The Labute approximate surface area is 192 Å². The lowest BCUT2D eigenvalue weighted by Crippen LogP contribution is -2.25. The molecule has 1 aliphatic heterocycles. The predicted molar refractivity (Wildman–Crippen MR) is 116 cm³/mol. The van der Waals surface area contributed by atoms with Gasteiger partial charge in [-0.2, -0.15) is 13.2 Å². The number of anilines is 1. The Kier molecular flexibility index (Phi) is 7.20. The SMILES string of the molecule is C[C@@H](NC(=O)/C=C1\CCCOc2cc(C(F)(F)F)ccc21)c1cc(F)c(NS(C)(=O)=O)c(F)c1. The fourth-order valence-corrected chi connectivity index (χ4v) is 4.00. The van der Waals surface area contributed by atoms with Gasteiger partial charge in [-0.25, -0.2) is 17.2 Å². The lowest BCUT2D eigenvalue weighted by atomic mass is 9.98. The molecular formula is C22H21F5N2O4S. The normalized spacial score (nSPS) is 16.3. The highest BCUT2D eigenvalue weighted by Crippen LogP contribution is 2.38. The van der Waals surface area contributed by atoms with Crippen LogP contribution < -0.4 is 14.8 Å². The number of alkyl halides is 3. The number of hydrogen-bond donors (Lipinski definition) is 2. The van der Waals surface area contributed by atoms with Crippen LogP contribution in [-0.2, 0) is 21.0 Å². The van der Waals surface area contributed by atoms with Crippen molar-refractivity contribution < 1.29 is 39.9 Å². The molecule has 2 N–H and O–H groups in total. The van der Waals surface area contributed by atoms with Crippen molar-refractivity contribution in [2.24, 2.45) is 0 Å². The molecule has 0 aromatic heterocycles. The number of rotatable bonds is 5. The Bertz CT molecular complexity index is 1220. The summed E-state index contributed by atoms with van der Waals surface area (Å²) in [6, 6.07) is 3.94. The first-order chi connectivity index (χ1) is 15.7. The van der Waals surface area contributed by atoms with Gasteiger partial charge in [-0.3, -0.25) is 9.52 Å². The molecule has 0 saturated carbocycles. The van der Waals surface area contributed by atoms with E-state index >= 15 is 0 Å². The van der Waals surface area contributed by atoms with Gasteiger partial charge in [-0.05, 0) is 55.2 Å². The van der Waals surface area contributed by atoms with E-state index in [0.717, 1.165) is 30.5 Å². The van der Waals surface area contributed by atoms with Crippen LogP contribution in [0.15, 0.2) is 36.4 Å². The molecule has 2 aromatic carbocycles. The van der Waals surface area contributed by atoms with E-state index in [0.29, 0.717) is 24.0 Å². The first-order valence-electron chi connectivity index (χ1n) is 10.1. The molecule has 0 spiro atoms. The molecule has 184 valence electrons. The zero-order valence-electron chi connectivity index (χ0n) is 18.1. The van der Waals surface area contributed by atoms with Crippen molar-refractivity contribution in [1.29, 1.82) is 0 Å². The number of amides is 1. The zero-order chi connectivity index (χ0) is 25.3. The number of halogens is 5. The van der Waals surface area contributed by atoms with E-state index in [2.05, 4.69) is 5.32 Å². The van der Waals surface area contributed by atoms with Gasteiger partial charge in [0.15, 0.2) is 11.6 Å². The summed E-state index contributed by atoms with van der Waals surface area (Å²) in [4.78, 5) is 12.6. The monoisotopic (exact) mass is 504 g/mol. The molecule has 1 atom stereocenters. The predicted octanol–water partition coefficient (Wildman–Crippen LogP) is 4.79. The number of carbonyl (C=O) groups is 1.